The van der Waals surface area contributed by atoms with E-state index < -0.39 is 0 Å². The SMILES string of the molecule is CCNC(=O)Nc1nc2ccc(-c3nn[nH]n3)cc2s1. The lowest BCUT2D eigenvalue weighted by Crippen LogP contribution is -2.28. The van der Waals surface area contributed by atoms with Crippen LogP contribution in [0.15, 0.2) is 18.2 Å². The van der Waals surface area contributed by atoms with Gasteiger partial charge in [-0.3, -0.25) is 5.32 Å². The van der Waals surface area contributed by atoms with Gasteiger partial charge < -0.3 is 5.32 Å². The summed E-state index contributed by atoms with van der Waals surface area (Å²) in [5.41, 5.74) is 1.66. The van der Waals surface area contributed by atoms with Gasteiger partial charge in [0, 0.05) is 12.1 Å². The predicted molar refractivity (Wildman–Crippen MR) is 75.5 cm³/mol. The molecule has 0 fully saturated rings. The number of aromatic nitrogens is 5. The minimum absolute atomic E-state index is 0.259. The zero-order valence-corrected chi connectivity index (χ0v) is 11.4. The van der Waals surface area contributed by atoms with Crippen LogP contribution in [0.2, 0.25) is 0 Å². The number of H-pyrrole nitrogens is 1. The van der Waals surface area contributed by atoms with Gasteiger partial charge in [0.25, 0.3) is 0 Å². The van der Waals surface area contributed by atoms with Crippen molar-refractivity contribution in [2.45, 2.75) is 6.92 Å². The Bertz CT molecular complexity index is 736. The van der Waals surface area contributed by atoms with Crippen LogP contribution in [0.1, 0.15) is 6.92 Å². The zero-order chi connectivity index (χ0) is 13.9. The minimum atomic E-state index is -0.259. The van der Waals surface area contributed by atoms with Crippen LogP contribution in [-0.4, -0.2) is 38.2 Å². The van der Waals surface area contributed by atoms with Crippen LogP contribution in [0.4, 0.5) is 9.93 Å². The average Bonchev–Trinajstić information content (AvgIpc) is 3.06. The molecular weight excluding hydrogens is 278 g/mol. The van der Waals surface area contributed by atoms with E-state index in [1.807, 2.05) is 25.1 Å². The number of tetrazole rings is 1. The van der Waals surface area contributed by atoms with Crippen LogP contribution in [0.5, 0.6) is 0 Å². The molecule has 2 heterocycles. The number of carbonyl (C=O) groups excluding carboxylic acids is 1. The smallest absolute Gasteiger partial charge is 0.321 e. The van der Waals surface area contributed by atoms with Crippen molar-refractivity contribution >= 4 is 32.7 Å². The van der Waals surface area contributed by atoms with Crippen molar-refractivity contribution in [3.05, 3.63) is 18.2 Å². The molecule has 20 heavy (non-hydrogen) atoms. The van der Waals surface area contributed by atoms with Gasteiger partial charge in [-0.05, 0) is 30.3 Å². The summed E-state index contributed by atoms with van der Waals surface area (Å²) in [7, 11) is 0. The Morgan fingerprint density at radius 1 is 1.45 bits per heavy atom. The van der Waals surface area contributed by atoms with Gasteiger partial charge >= 0.3 is 6.03 Å². The van der Waals surface area contributed by atoms with Crippen molar-refractivity contribution in [3.8, 4) is 11.4 Å². The summed E-state index contributed by atoms with van der Waals surface area (Å²) in [5, 5.41) is 19.7. The summed E-state index contributed by atoms with van der Waals surface area (Å²) in [6.45, 7) is 2.42. The molecule has 3 N–H and O–H groups in total. The van der Waals surface area contributed by atoms with Crippen molar-refractivity contribution in [1.29, 1.82) is 0 Å². The summed E-state index contributed by atoms with van der Waals surface area (Å²) in [5.74, 6) is 0.526. The molecule has 0 radical (unpaired) electrons. The van der Waals surface area contributed by atoms with Crippen molar-refractivity contribution in [2.24, 2.45) is 0 Å². The Kier molecular flexibility index (Phi) is 3.25. The molecule has 102 valence electrons. The van der Waals surface area contributed by atoms with Crippen molar-refractivity contribution in [1.82, 2.24) is 30.9 Å². The van der Waals surface area contributed by atoms with Crippen molar-refractivity contribution in [3.63, 3.8) is 0 Å². The highest BCUT2D eigenvalue weighted by molar-refractivity contribution is 7.22. The number of carbonyl (C=O) groups is 1. The molecule has 3 aromatic rings. The maximum Gasteiger partial charge on any atom is 0.321 e. The number of rotatable bonds is 3. The highest BCUT2D eigenvalue weighted by Crippen LogP contribution is 2.29. The Morgan fingerprint density at radius 2 is 2.35 bits per heavy atom. The normalized spacial score (nSPS) is 10.7. The van der Waals surface area contributed by atoms with E-state index in [0.29, 0.717) is 17.5 Å². The van der Waals surface area contributed by atoms with Crippen LogP contribution >= 0.6 is 11.3 Å². The van der Waals surface area contributed by atoms with Crippen molar-refractivity contribution < 1.29 is 4.79 Å². The zero-order valence-electron chi connectivity index (χ0n) is 10.5. The molecule has 9 heteroatoms. The van der Waals surface area contributed by atoms with Crippen LogP contribution in [-0.2, 0) is 0 Å². The van der Waals surface area contributed by atoms with Crippen LogP contribution in [0, 0.1) is 0 Å². The Morgan fingerprint density at radius 3 is 3.10 bits per heavy atom. The Balaban J connectivity index is 1.89. The maximum absolute atomic E-state index is 11.5. The predicted octanol–water partition coefficient (Wildman–Crippen LogP) is 1.62. The standard InChI is InChI=1S/C11H11N7OS/c1-2-12-10(19)14-11-13-7-4-3-6(5-8(7)20-11)9-15-17-18-16-9/h3-5H,2H2,1H3,(H2,12,13,14,19)(H,15,16,17,18). The van der Waals surface area contributed by atoms with Crippen LogP contribution in [0.3, 0.4) is 0 Å². The number of amides is 2. The number of nitrogens with one attached hydrogen (secondary N) is 3. The van der Waals surface area contributed by atoms with E-state index in [2.05, 4.69) is 36.2 Å². The number of urea groups is 1. The number of aromatic amines is 1. The van der Waals surface area contributed by atoms with E-state index in [1.54, 1.807) is 0 Å². The highest BCUT2D eigenvalue weighted by Gasteiger charge is 2.09. The Hall–Kier alpha value is -2.55. The maximum atomic E-state index is 11.5. The van der Waals surface area contributed by atoms with Gasteiger partial charge in [-0.2, -0.15) is 5.21 Å². The monoisotopic (exact) mass is 289 g/mol. The third-order valence-corrected chi connectivity index (χ3v) is 3.48. The lowest BCUT2D eigenvalue weighted by Gasteiger charge is -2.00. The third-order valence-electron chi connectivity index (χ3n) is 2.55. The summed E-state index contributed by atoms with van der Waals surface area (Å²) < 4.78 is 0.944. The first kappa shape index (κ1) is 12.5. The van der Waals surface area contributed by atoms with Gasteiger partial charge in [0.2, 0.25) is 5.82 Å². The van der Waals surface area contributed by atoms with Crippen LogP contribution < -0.4 is 10.6 Å². The van der Waals surface area contributed by atoms with E-state index in [-0.39, 0.29) is 6.03 Å². The van der Waals surface area contributed by atoms with Gasteiger partial charge in [-0.1, -0.05) is 11.3 Å². The molecular formula is C11H11N7OS. The molecule has 0 spiro atoms. The lowest BCUT2D eigenvalue weighted by molar-refractivity contribution is 0.252. The molecule has 8 nitrogen and oxygen atoms in total. The second kappa shape index (κ2) is 5.21. The molecule has 0 aliphatic heterocycles. The molecule has 0 saturated carbocycles. The van der Waals surface area contributed by atoms with Gasteiger partial charge in [0.05, 0.1) is 10.2 Å². The number of hydrogen-bond donors (Lipinski definition) is 3. The molecule has 0 aliphatic rings. The molecule has 0 unspecified atom stereocenters. The van der Waals surface area contributed by atoms with Gasteiger partial charge in [-0.15, -0.1) is 10.2 Å². The second-order valence-corrected chi connectivity index (χ2v) is 4.95. The average molecular weight is 289 g/mol. The summed E-state index contributed by atoms with van der Waals surface area (Å²) in [6.07, 6.45) is 0. The largest absolute Gasteiger partial charge is 0.338 e. The lowest BCUT2D eigenvalue weighted by atomic mass is 10.2. The summed E-state index contributed by atoms with van der Waals surface area (Å²) >= 11 is 1.39. The van der Waals surface area contributed by atoms with E-state index >= 15 is 0 Å². The Labute approximate surface area is 117 Å². The quantitative estimate of drug-likeness (QED) is 0.679. The molecule has 0 aliphatic carbocycles. The van der Waals surface area contributed by atoms with E-state index in [9.17, 15) is 4.79 Å². The number of hydrogen-bond acceptors (Lipinski definition) is 6. The first-order valence-corrected chi connectivity index (χ1v) is 6.77. The molecule has 2 amide bonds. The number of anilines is 1. The first-order valence-electron chi connectivity index (χ1n) is 5.95. The van der Waals surface area contributed by atoms with Gasteiger partial charge in [-0.25, -0.2) is 9.78 Å². The van der Waals surface area contributed by atoms with Gasteiger partial charge in [0.1, 0.15) is 0 Å². The van der Waals surface area contributed by atoms with Crippen molar-refractivity contribution in [2.75, 3.05) is 11.9 Å². The number of benzene rings is 1. The summed E-state index contributed by atoms with van der Waals surface area (Å²) in [4.78, 5) is 15.8. The molecule has 0 saturated heterocycles. The van der Waals surface area contributed by atoms with E-state index in [1.165, 1.54) is 11.3 Å². The highest BCUT2D eigenvalue weighted by atomic mass is 32.1. The topological polar surface area (TPSA) is 108 Å². The second-order valence-electron chi connectivity index (χ2n) is 3.92. The fourth-order valence-electron chi connectivity index (χ4n) is 1.70. The fourth-order valence-corrected chi connectivity index (χ4v) is 2.60. The first-order chi connectivity index (χ1) is 9.76. The molecule has 2 aromatic heterocycles. The third kappa shape index (κ3) is 2.43. The number of thiazole rings is 1. The summed E-state index contributed by atoms with van der Waals surface area (Å²) in [6, 6.07) is 5.38. The molecule has 3 rings (SSSR count). The van der Waals surface area contributed by atoms with E-state index in [4.69, 9.17) is 0 Å². The van der Waals surface area contributed by atoms with Crippen LogP contribution in [0.25, 0.3) is 21.6 Å². The minimum Gasteiger partial charge on any atom is -0.338 e. The van der Waals surface area contributed by atoms with Gasteiger partial charge in [0.15, 0.2) is 5.13 Å². The molecule has 0 atom stereocenters. The van der Waals surface area contributed by atoms with E-state index in [0.717, 1.165) is 15.8 Å². The number of fused-ring (bicyclic) bond motifs is 1. The fraction of sp³-hybridized carbons (Fsp3) is 0.182. The molecule has 1 aromatic carbocycles. The number of nitrogens with zero attached hydrogens (tertiary/aromatic N) is 4. The molecule has 0 bridgehead atoms.